The van der Waals surface area contributed by atoms with Gasteiger partial charge in [-0.2, -0.15) is 0 Å². The molecule has 8 aromatic carbocycles. The number of benzene rings is 8. The third-order valence-electron chi connectivity index (χ3n) is 9.86. The first kappa shape index (κ1) is 31.4. The molecule has 0 radical (unpaired) electrons. The molecule has 54 heavy (non-hydrogen) atoms. The van der Waals surface area contributed by atoms with E-state index in [2.05, 4.69) is 149 Å². The predicted octanol–water partition coefficient (Wildman–Crippen LogP) is 14.0. The summed E-state index contributed by atoms with van der Waals surface area (Å²) < 4.78 is 13.4. The lowest BCUT2D eigenvalue weighted by Gasteiger charge is -2.29. The van der Waals surface area contributed by atoms with E-state index in [1.165, 1.54) is 0 Å². The van der Waals surface area contributed by atoms with Gasteiger partial charge in [0.25, 0.3) is 0 Å². The Morgan fingerprint density at radius 2 is 0.889 bits per heavy atom. The maximum atomic E-state index is 6.74. The van der Waals surface area contributed by atoms with Crippen molar-refractivity contribution >= 4 is 67.2 Å². The van der Waals surface area contributed by atoms with Crippen molar-refractivity contribution in [2.75, 3.05) is 9.80 Å². The van der Waals surface area contributed by atoms with Crippen molar-refractivity contribution in [1.29, 1.82) is 0 Å². The van der Waals surface area contributed by atoms with Gasteiger partial charge >= 0.3 is 0 Å². The van der Waals surface area contributed by atoms with Crippen LogP contribution in [0.15, 0.2) is 209 Å². The summed E-state index contributed by atoms with van der Waals surface area (Å²) in [5.74, 6) is 0.559. The molecule has 0 spiro atoms. The van der Waals surface area contributed by atoms with Crippen LogP contribution in [-0.4, -0.2) is 4.98 Å². The Bertz CT molecular complexity index is 2830. The van der Waals surface area contributed by atoms with Crippen molar-refractivity contribution in [2.24, 2.45) is 0 Å². The second kappa shape index (κ2) is 13.3. The number of oxazole rings is 1. The second-order valence-corrected chi connectivity index (χ2v) is 13.2. The molecular formula is C49H33N3O2. The minimum atomic E-state index is 0.559. The summed E-state index contributed by atoms with van der Waals surface area (Å²) in [6, 6.07) is 69.0. The number of aromatic nitrogens is 1. The maximum absolute atomic E-state index is 6.74. The van der Waals surface area contributed by atoms with Gasteiger partial charge in [-0.05, 0) is 83.9 Å². The zero-order valence-corrected chi connectivity index (χ0v) is 29.2. The van der Waals surface area contributed by atoms with Crippen LogP contribution in [0.25, 0.3) is 55.6 Å². The molecular weight excluding hydrogens is 663 g/mol. The normalized spacial score (nSPS) is 11.3. The minimum Gasteiger partial charge on any atom is -0.454 e. The summed E-state index contributed by atoms with van der Waals surface area (Å²) in [5.41, 5.74) is 11.9. The van der Waals surface area contributed by atoms with Gasteiger partial charge < -0.3 is 18.6 Å². The number of para-hydroxylation sites is 4. The summed E-state index contributed by atoms with van der Waals surface area (Å²) in [6.45, 7) is 0. The first-order chi connectivity index (χ1) is 26.8. The molecule has 2 heterocycles. The van der Waals surface area contributed by atoms with E-state index in [1.807, 2.05) is 60.7 Å². The molecule has 0 unspecified atom stereocenters. The minimum absolute atomic E-state index is 0.559. The van der Waals surface area contributed by atoms with Gasteiger partial charge in [0.2, 0.25) is 5.89 Å². The average Bonchev–Trinajstić information content (AvgIpc) is 3.86. The first-order valence-corrected chi connectivity index (χ1v) is 18.0. The van der Waals surface area contributed by atoms with Gasteiger partial charge in [0.05, 0.1) is 17.1 Å². The van der Waals surface area contributed by atoms with E-state index in [4.69, 9.17) is 13.8 Å². The molecule has 0 saturated heterocycles. The Kier molecular flexibility index (Phi) is 7.73. The van der Waals surface area contributed by atoms with Crippen molar-refractivity contribution in [3.63, 3.8) is 0 Å². The molecule has 0 fully saturated rings. The van der Waals surface area contributed by atoms with Gasteiger partial charge in [0, 0.05) is 33.4 Å². The van der Waals surface area contributed by atoms with Gasteiger partial charge in [-0.15, -0.1) is 0 Å². The lowest BCUT2D eigenvalue weighted by atomic mass is 10.0. The Hall–Kier alpha value is -7.37. The average molecular weight is 696 g/mol. The summed E-state index contributed by atoms with van der Waals surface area (Å²) in [5, 5.41) is 2.13. The Morgan fingerprint density at radius 3 is 1.57 bits per heavy atom. The molecule has 2 aromatic heterocycles. The van der Waals surface area contributed by atoms with Gasteiger partial charge in [-0.1, -0.05) is 127 Å². The Morgan fingerprint density at radius 1 is 0.352 bits per heavy atom. The zero-order valence-electron chi connectivity index (χ0n) is 29.2. The predicted molar refractivity (Wildman–Crippen MR) is 222 cm³/mol. The Labute approximate surface area is 312 Å². The smallest absolute Gasteiger partial charge is 0.227 e. The number of hydrogen-bond acceptors (Lipinski definition) is 5. The van der Waals surface area contributed by atoms with Crippen LogP contribution < -0.4 is 9.80 Å². The molecule has 0 aliphatic heterocycles. The van der Waals surface area contributed by atoms with Gasteiger partial charge in [0.15, 0.2) is 11.2 Å². The zero-order chi connectivity index (χ0) is 35.8. The number of rotatable bonds is 8. The van der Waals surface area contributed by atoms with E-state index in [0.29, 0.717) is 11.5 Å². The highest BCUT2D eigenvalue weighted by molar-refractivity contribution is 6.11. The molecule has 5 nitrogen and oxygen atoms in total. The molecule has 0 saturated carbocycles. The molecule has 0 aliphatic rings. The highest BCUT2D eigenvalue weighted by Crippen LogP contribution is 2.47. The molecule has 10 rings (SSSR count). The van der Waals surface area contributed by atoms with Crippen LogP contribution in [0.4, 0.5) is 34.1 Å². The third kappa shape index (κ3) is 5.56. The molecule has 0 bridgehead atoms. The summed E-state index contributed by atoms with van der Waals surface area (Å²) in [6.07, 6.45) is 0. The van der Waals surface area contributed by atoms with Crippen molar-refractivity contribution in [3.05, 3.63) is 200 Å². The van der Waals surface area contributed by atoms with Crippen LogP contribution in [0.2, 0.25) is 0 Å². The van der Waals surface area contributed by atoms with E-state index in [9.17, 15) is 0 Å². The molecule has 0 N–H and O–H groups in total. The number of fused-ring (bicyclic) bond motifs is 4. The SMILES string of the molecule is c1ccc(-c2ccc(N(c3cc(N(c4ccccc4)c4ccccc4)c4oc(-c5ccccc5)nc4c3)c3cccc4c3oc3ccccc34)cc2)cc1. The molecule has 0 amide bonds. The van der Waals surface area contributed by atoms with Crippen LogP contribution >= 0.6 is 0 Å². The van der Waals surface area contributed by atoms with Crippen LogP contribution in [0.5, 0.6) is 0 Å². The van der Waals surface area contributed by atoms with Crippen molar-refractivity contribution in [3.8, 4) is 22.6 Å². The highest BCUT2D eigenvalue weighted by atomic mass is 16.3. The lowest BCUT2D eigenvalue weighted by Crippen LogP contribution is -2.13. The number of hydrogen-bond donors (Lipinski definition) is 0. The van der Waals surface area contributed by atoms with Gasteiger partial charge in [-0.25, -0.2) is 4.98 Å². The van der Waals surface area contributed by atoms with E-state index in [1.54, 1.807) is 0 Å². The fraction of sp³-hybridized carbons (Fsp3) is 0. The van der Waals surface area contributed by atoms with E-state index in [-0.39, 0.29) is 0 Å². The fourth-order valence-electron chi connectivity index (χ4n) is 7.35. The molecule has 0 atom stereocenters. The monoisotopic (exact) mass is 695 g/mol. The second-order valence-electron chi connectivity index (χ2n) is 13.2. The van der Waals surface area contributed by atoms with Crippen LogP contribution in [0.1, 0.15) is 0 Å². The largest absolute Gasteiger partial charge is 0.454 e. The van der Waals surface area contributed by atoms with E-state index in [0.717, 1.165) is 78.3 Å². The first-order valence-electron chi connectivity index (χ1n) is 18.0. The fourth-order valence-corrected chi connectivity index (χ4v) is 7.35. The van der Waals surface area contributed by atoms with E-state index >= 15 is 0 Å². The van der Waals surface area contributed by atoms with E-state index < -0.39 is 0 Å². The topological polar surface area (TPSA) is 45.7 Å². The summed E-state index contributed by atoms with van der Waals surface area (Å²) >= 11 is 0. The Balaban J connectivity index is 1.26. The van der Waals surface area contributed by atoms with Crippen molar-refractivity contribution in [1.82, 2.24) is 4.98 Å². The number of furan rings is 1. The van der Waals surface area contributed by atoms with Crippen LogP contribution in [0, 0.1) is 0 Å². The molecule has 10 aromatic rings. The summed E-state index contributed by atoms with van der Waals surface area (Å²) in [4.78, 5) is 9.66. The van der Waals surface area contributed by atoms with Crippen LogP contribution in [0.3, 0.4) is 0 Å². The number of nitrogens with zero attached hydrogens (tertiary/aromatic N) is 3. The van der Waals surface area contributed by atoms with Crippen LogP contribution in [-0.2, 0) is 0 Å². The highest BCUT2D eigenvalue weighted by Gasteiger charge is 2.25. The van der Waals surface area contributed by atoms with Gasteiger partial charge in [-0.3, -0.25) is 0 Å². The third-order valence-corrected chi connectivity index (χ3v) is 9.86. The standard InChI is InChI=1S/C49H33N3O2/c1-5-16-34(17-6-1)35-28-30-39(31-29-35)52(44-26-15-25-42-41-24-13-14-27-46(41)53-47(42)44)40-32-43-48(54-49(50-43)36-18-7-2-8-19-36)45(33-40)51(37-20-9-3-10-21-37)38-22-11-4-12-23-38/h1-33H. The van der Waals surface area contributed by atoms with Gasteiger partial charge in [0.1, 0.15) is 11.1 Å². The summed E-state index contributed by atoms with van der Waals surface area (Å²) in [7, 11) is 0. The lowest BCUT2D eigenvalue weighted by molar-refractivity contribution is 0.620. The number of anilines is 6. The maximum Gasteiger partial charge on any atom is 0.227 e. The quantitative estimate of drug-likeness (QED) is 0.158. The van der Waals surface area contributed by atoms with Crippen molar-refractivity contribution < 1.29 is 8.83 Å². The molecule has 0 aliphatic carbocycles. The molecule has 256 valence electrons. The molecule has 5 heteroatoms. The van der Waals surface area contributed by atoms with Crippen molar-refractivity contribution in [2.45, 2.75) is 0 Å².